The van der Waals surface area contributed by atoms with Gasteiger partial charge in [-0.3, -0.25) is 0 Å². The summed E-state index contributed by atoms with van der Waals surface area (Å²) in [5, 5.41) is 5.08. The Bertz CT molecular complexity index is 696. The van der Waals surface area contributed by atoms with Crippen molar-refractivity contribution in [2.75, 3.05) is 0 Å². The lowest BCUT2D eigenvalue weighted by molar-refractivity contribution is 0.790. The van der Waals surface area contributed by atoms with E-state index < -0.39 is 0 Å². The van der Waals surface area contributed by atoms with Crippen molar-refractivity contribution in [1.29, 1.82) is 0 Å². The first-order valence-corrected chi connectivity index (χ1v) is 5.70. The van der Waals surface area contributed by atoms with Gasteiger partial charge in [0.05, 0.1) is 16.7 Å². The van der Waals surface area contributed by atoms with Crippen LogP contribution in [-0.2, 0) is 0 Å². The number of aromatic amines is 1. The number of aryl methyl sites for hydroxylation is 2. The van der Waals surface area contributed by atoms with E-state index in [0.29, 0.717) is 11.0 Å². The molecule has 2 aromatic heterocycles. The Labute approximate surface area is 103 Å². The third-order valence-corrected chi connectivity index (χ3v) is 2.88. The molecule has 0 aliphatic rings. The van der Waals surface area contributed by atoms with Crippen LogP contribution in [0.2, 0.25) is 5.02 Å². The van der Waals surface area contributed by atoms with Crippen LogP contribution in [0.15, 0.2) is 24.3 Å². The second kappa shape index (κ2) is 3.60. The highest BCUT2D eigenvalue weighted by Gasteiger charge is 2.08. The Hall–Kier alpha value is -1.81. The average Bonchev–Trinajstić information content (AvgIpc) is 2.80. The molecule has 1 aromatic carbocycles. The number of nitrogens with one attached hydrogen (secondary N) is 1. The van der Waals surface area contributed by atoms with Crippen LogP contribution < -0.4 is 0 Å². The second-order valence-electron chi connectivity index (χ2n) is 4.06. The largest absolute Gasteiger partial charge is 0.322 e. The van der Waals surface area contributed by atoms with Gasteiger partial charge in [0, 0.05) is 10.7 Å². The van der Waals surface area contributed by atoms with Crippen LogP contribution in [0.25, 0.3) is 17.0 Å². The molecule has 0 aliphatic carbocycles. The fourth-order valence-corrected chi connectivity index (χ4v) is 2.08. The van der Waals surface area contributed by atoms with Gasteiger partial charge in [0.25, 0.3) is 0 Å². The van der Waals surface area contributed by atoms with E-state index in [1.165, 1.54) is 0 Å². The van der Waals surface area contributed by atoms with E-state index in [-0.39, 0.29) is 0 Å². The third kappa shape index (κ3) is 1.70. The highest BCUT2D eigenvalue weighted by molar-refractivity contribution is 6.31. The van der Waals surface area contributed by atoms with Crippen LogP contribution in [0.5, 0.6) is 0 Å². The van der Waals surface area contributed by atoms with Crippen molar-refractivity contribution in [3.8, 4) is 5.95 Å². The number of H-pyrrole nitrogens is 1. The summed E-state index contributed by atoms with van der Waals surface area (Å²) in [6.45, 7) is 3.96. The van der Waals surface area contributed by atoms with Crippen LogP contribution in [-0.4, -0.2) is 19.7 Å². The highest BCUT2D eigenvalue weighted by Crippen LogP contribution is 2.19. The summed E-state index contributed by atoms with van der Waals surface area (Å²) < 4.78 is 1.79. The van der Waals surface area contributed by atoms with Crippen LogP contribution in [0.3, 0.4) is 0 Å². The molecule has 0 saturated carbocycles. The lowest BCUT2D eigenvalue weighted by atomic mass is 10.3. The Morgan fingerprint density at radius 2 is 2.06 bits per heavy atom. The fourth-order valence-electron chi connectivity index (χ4n) is 1.91. The van der Waals surface area contributed by atoms with Gasteiger partial charge < -0.3 is 4.98 Å². The molecule has 0 amide bonds. The van der Waals surface area contributed by atoms with Gasteiger partial charge in [-0.15, -0.1) is 0 Å². The second-order valence-corrected chi connectivity index (χ2v) is 4.50. The first kappa shape index (κ1) is 10.4. The van der Waals surface area contributed by atoms with Gasteiger partial charge in [-0.25, -0.2) is 9.67 Å². The predicted molar refractivity (Wildman–Crippen MR) is 67.7 cm³/mol. The molecular weight excluding hydrogens is 236 g/mol. The summed E-state index contributed by atoms with van der Waals surface area (Å²) in [5.74, 6) is 0.716. The summed E-state index contributed by atoms with van der Waals surface area (Å²) in [5.41, 5.74) is 3.82. The fraction of sp³-hybridized carbons (Fsp3) is 0.167. The van der Waals surface area contributed by atoms with Gasteiger partial charge >= 0.3 is 0 Å². The minimum absolute atomic E-state index is 0.695. The van der Waals surface area contributed by atoms with E-state index in [2.05, 4.69) is 15.1 Å². The van der Waals surface area contributed by atoms with E-state index in [4.69, 9.17) is 11.6 Å². The average molecular weight is 247 g/mol. The van der Waals surface area contributed by atoms with Crippen LogP contribution in [0, 0.1) is 13.8 Å². The third-order valence-electron chi connectivity index (χ3n) is 2.64. The van der Waals surface area contributed by atoms with Gasteiger partial charge in [0.1, 0.15) is 0 Å². The predicted octanol–water partition coefficient (Wildman–Crippen LogP) is 3.02. The zero-order valence-electron chi connectivity index (χ0n) is 9.53. The standard InChI is InChI=1S/C12H11ClN4/c1-7-5-8(2)17(16-7)12-14-10-4-3-9(13)6-11(10)15-12/h3-6H,1-2H3,(H,14,15). The Morgan fingerprint density at radius 1 is 1.24 bits per heavy atom. The zero-order valence-corrected chi connectivity index (χ0v) is 10.3. The number of benzene rings is 1. The maximum Gasteiger partial charge on any atom is 0.229 e. The van der Waals surface area contributed by atoms with Crippen molar-refractivity contribution in [3.63, 3.8) is 0 Å². The van der Waals surface area contributed by atoms with E-state index in [0.717, 1.165) is 22.4 Å². The SMILES string of the molecule is Cc1cc(C)n(-c2nc3ccc(Cl)cc3[nH]2)n1. The first-order chi connectivity index (χ1) is 8.13. The van der Waals surface area contributed by atoms with Crippen molar-refractivity contribution < 1.29 is 0 Å². The minimum atomic E-state index is 0.695. The Kier molecular flexibility index (Phi) is 2.19. The van der Waals surface area contributed by atoms with E-state index in [1.807, 2.05) is 38.1 Å². The van der Waals surface area contributed by atoms with Crippen molar-refractivity contribution in [2.45, 2.75) is 13.8 Å². The Morgan fingerprint density at radius 3 is 2.76 bits per heavy atom. The molecule has 17 heavy (non-hydrogen) atoms. The highest BCUT2D eigenvalue weighted by atomic mass is 35.5. The monoisotopic (exact) mass is 246 g/mol. The van der Waals surface area contributed by atoms with Gasteiger partial charge in [0.15, 0.2) is 0 Å². The molecule has 0 aliphatic heterocycles. The molecule has 2 heterocycles. The van der Waals surface area contributed by atoms with E-state index in [1.54, 1.807) is 4.68 Å². The number of nitrogens with zero attached hydrogens (tertiary/aromatic N) is 3. The lowest BCUT2D eigenvalue weighted by Crippen LogP contribution is -2.00. The molecule has 1 N–H and O–H groups in total. The number of fused-ring (bicyclic) bond motifs is 1. The van der Waals surface area contributed by atoms with Crippen molar-refractivity contribution in [2.24, 2.45) is 0 Å². The number of imidazole rings is 1. The van der Waals surface area contributed by atoms with Crippen molar-refractivity contribution in [1.82, 2.24) is 19.7 Å². The molecule has 4 nitrogen and oxygen atoms in total. The smallest absolute Gasteiger partial charge is 0.229 e. The van der Waals surface area contributed by atoms with E-state index in [9.17, 15) is 0 Å². The molecule has 3 aromatic rings. The summed E-state index contributed by atoms with van der Waals surface area (Å²) in [6.07, 6.45) is 0. The van der Waals surface area contributed by atoms with Gasteiger partial charge in [-0.2, -0.15) is 5.10 Å². The molecule has 0 fully saturated rings. The molecule has 0 radical (unpaired) electrons. The van der Waals surface area contributed by atoms with Crippen LogP contribution >= 0.6 is 11.6 Å². The molecular formula is C12H11ClN4. The molecule has 0 unspecified atom stereocenters. The minimum Gasteiger partial charge on any atom is -0.322 e. The first-order valence-electron chi connectivity index (χ1n) is 5.32. The van der Waals surface area contributed by atoms with Crippen molar-refractivity contribution >= 4 is 22.6 Å². The number of halogens is 1. The van der Waals surface area contributed by atoms with E-state index >= 15 is 0 Å². The number of hydrogen-bond donors (Lipinski definition) is 1. The van der Waals surface area contributed by atoms with Crippen molar-refractivity contribution in [3.05, 3.63) is 40.7 Å². The molecule has 86 valence electrons. The summed E-state index contributed by atoms with van der Waals surface area (Å²) in [7, 11) is 0. The van der Waals surface area contributed by atoms with Gasteiger partial charge in [-0.1, -0.05) is 11.6 Å². The lowest BCUT2D eigenvalue weighted by Gasteiger charge is -1.97. The summed E-state index contributed by atoms with van der Waals surface area (Å²) in [4.78, 5) is 7.70. The molecule has 3 rings (SSSR count). The maximum absolute atomic E-state index is 5.94. The normalized spacial score (nSPS) is 11.2. The quantitative estimate of drug-likeness (QED) is 0.717. The van der Waals surface area contributed by atoms with Crippen LogP contribution in [0.4, 0.5) is 0 Å². The molecule has 0 bridgehead atoms. The number of rotatable bonds is 1. The van der Waals surface area contributed by atoms with Gasteiger partial charge in [-0.05, 0) is 38.1 Å². The number of hydrogen-bond acceptors (Lipinski definition) is 2. The zero-order chi connectivity index (χ0) is 12.0. The molecule has 0 spiro atoms. The maximum atomic E-state index is 5.94. The molecule has 0 saturated heterocycles. The molecule has 5 heteroatoms. The summed E-state index contributed by atoms with van der Waals surface area (Å²) in [6, 6.07) is 7.60. The topological polar surface area (TPSA) is 46.5 Å². The molecule has 0 atom stereocenters. The van der Waals surface area contributed by atoms with Gasteiger partial charge in [0.2, 0.25) is 5.95 Å². The summed E-state index contributed by atoms with van der Waals surface area (Å²) >= 11 is 5.94. The number of aromatic nitrogens is 4. The van der Waals surface area contributed by atoms with Crippen LogP contribution in [0.1, 0.15) is 11.4 Å². The Balaban J connectivity index is 2.21.